The zero-order chi connectivity index (χ0) is 30.2. The van der Waals surface area contributed by atoms with Crippen molar-refractivity contribution in [1.82, 2.24) is 9.55 Å². The Labute approximate surface area is 225 Å². The number of fused-ring (bicyclic) bond motifs is 1. The van der Waals surface area contributed by atoms with Crippen molar-refractivity contribution in [3.05, 3.63) is 60.6 Å². The number of hydrogen-bond donors (Lipinski definition) is 2. The van der Waals surface area contributed by atoms with Gasteiger partial charge < -0.3 is 14.4 Å². The maximum absolute atomic E-state index is 15.9. The maximum atomic E-state index is 15.9. The van der Waals surface area contributed by atoms with Gasteiger partial charge in [0.25, 0.3) is 5.56 Å². The molecule has 1 aromatic heterocycles. The fourth-order valence-electron chi connectivity index (χ4n) is 4.13. The molecule has 4 atom stereocenters. The van der Waals surface area contributed by atoms with Gasteiger partial charge >= 0.3 is 13.5 Å². The topological polar surface area (TPSA) is 129 Å². The van der Waals surface area contributed by atoms with Crippen LogP contribution in [-0.2, 0) is 35.8 Å². The van der Waals surface area contributed by atoms with Crippen LogP contribution in [0.3, 0.4) is 0 Å². The molecule has 38 heavy (non-hydrogen) atoms. The van der Waals surface area contributed by atoms with Crippen LogP contribution in [0.4, 0.5) is 8.78 Å². The SMILES string of the molecule is [2H]C([2H])(OP1(=O)OCc2c(F)c(C(C)(C)C)cc(C(C)(C)C)c2O1)[C@]1(F)C[C@@H](O)[C@H](n2cc(Cl)c(=O)[nH]c2=O)O1. The number of nitrogens with one attached hydrogen (secondary N) is 1. The fourth-order valence-corrected chi connectivity index (χ4v) is 5.39. The normalized spacial score (nSPS) is 28.9. The molecule has 0 bridgehead atoms. The Morgan fingerprint density at radius 3 is 2.53 bits per heavy atom. The van der Waals surface area contributed by atoms with Gasteiger partial charge in [0.1, 0.15) is 29.3 Å². The number of aromatic amines is 1. The molecule has 210 valence electrons. The average Bonchev–Trinajstić information content (AvgIpc) is 3.09. The molecule has 1 unspecified atom stereocenters. The number of aliphatic hydroxyl groups excluding tert-OH is 1. The summed E-state index contributed by atoms with van der Waals surface area (Å²) in [6.45, 7) is 6.67. The van der Waals surface area contributed by atoms with Gasteiger partial charge in [-0.2, -0.15) is 0 Å². The number of phosphoric acid groups is 1. The summed E-state index contributed by atoms with van der Waals surface area (Å²) in [5, 5.41) is 9.94. The molecule has 0 spiro atoms. The molecule has 3 heterocycles. The lowest BCUT2D eigenvalue weighted by atomic mass is 9.78. The summed E-state index contributed by atoms with van der Waals surface area (Å²) in [6, 6.07) is 1.57. The van der Waals surface area contributed by atoms with E-state index in [9.17, 15) is 19.3 Å². The number of alkyl halides is 1. The van der Waals surface area contributed by atoms with Crippen LogP contribution in [0.2, 0.25) is 5.02 Å². The number of hydrogen-bond acceptors (Lipinski definition) is 8. The van der Waals surface area contributed by atoms with E-state index in [-0.39, 0.29) is 11.3 Å². The number of H-pyrrole nitrogens is 1. The third-order valence-electron chi connectivity index (χ3n) is 6.11. The first kappa shape index (κ1) is 26.2. The van der Waals surface area contributed by atoms with Gasteiger partial charge in [0.15, 0.2) is 6.23 Å². The van der Waals surface area contributed by atoms with Crippen molar-refractivity contribution in [2.75, 3.05) is 6.56 Å². The van der Waals surface area contributed by atoms with Gasteiger partial charge in [0.05, 0.1) is 14.9 Å². The zero-order valence-corrected chi connectivity index (χ0v) is 23.2. The Hall–Kier alpha value is -2.08. The molecule has 0 saturated carbocycles. The molecular weight excluding hydrogens is 549 g/mol. The zero-order valence-electron chi connectivity index (χ0n) is 23.6. The van der Waals surface area contributed by atoms with Crippen LogP contribution in [0.25, 0.3) is 0 Å². The van der Waals surface area contributed by atoms with Crippen LogP contribution in [0, 0.1) is 5.82 Å². The molecule has 0 amide bonds. The van der Waals surface area contributed by atoms with Gasteiger partial charge in [-0.15, -0.1) is 0 Å². The lowest BCUT2D eigenvalue weighted by Crippen LogP contribution is -2.36. The summed E-state index contributed by atoms with van der Waals surface area (Å²) in [5.74, 6) is -4.31. The third kappa shape index (κ3) is 5.48. The molecular formula is C24H30ClF2N2O8P. The average molecular weight is 581 g/mol. The standard InChI is InChI=1S/C24H30ClF2N2O8P/c1-22(2,3)13-7-14(23(4,5)6)18-12(17(13)26)10-34-38(33,37-18)35-11-24(27)8-16(30)20(36-24)29-9-15(25)19(31)28-21(29)32/h7,9,16,20,30H,8,10-11H2,1-6H3,(H,28,31,32)/t16-,20-,24+,38?/m1/s1/i11D2. The van der Waals surface area contributed by atoms with E-state index in [4.69, 9.17) is 32.7 Å². The van der Waals surface area contributed by atoms with Crippen molar-refractivity contribution in [2.45, 2.75) is 83.6 Å². The highest BCUT2D eigenvalue weighted by Crippen LogP contribution is 2.58. The third-order valence-corrected chi connectivity index (χ3v) is 7.55. The summed E-state index contributed by atoms with van der Waals surface area (Å²) in [5.41, 5.74) is -2.56. The van der Waals surface area contributed by atoms with Gasteiger partial charge in [0.2, 0.25) is 5.85 Å². The maximum Gasteiger partial charge on any atom is 0.530 e. The Morgan fingerprint density at radius 2 is 1.92 bits per heavy atom. The molecule has 2 aromatic rings. The molecule has 0 radical (unpaired) electrons. The second kappa shape index (κ2) is 9.53. The Morgan fingerprint density at radius 1 is 1.29 bits per heavy atom. The molecule has 10 nitrogen and oxygen atoms in total. The quantitative estimate of drug-likeness (QED) is 0.502. The first-order chi connectivity index (χ1) is 18.1. The first-order valence-electron chi connectivity index (χ1n) is 12.7. The van der Waals surface area contributed by atoms with E-state index in [2.05, 4.69) is 0 Å². The molecule has 1 fully saturated rings. The second-order valence-corrected chi connectivity index (χ2v) is 13.2. The van der Waals surface area contributed by atoms with Crippen molar-refractivity contribution in [3.63, 3.8) is 0 Å². The summed E-state index contributed by atoms with van der Waals surface area (Å²) in [6.07, 6.45) is -3.95. The van der Waals surface area contributed by atoms with Gasteiger partial charge in [-0.1, -0.05) is 53.1 Å². The molecule has 1 saturated heterocycles. The number of nitrogens with zero attached hydrogens (tertiary/aromatic N) is 1. The fraction of sp³-hybridized carbons (Fsp3) is 0.583. The van der Waals surface area contributed by atoms with E-state index >= 15 is 8.78 Å². The van der Waals surface area contributed by atoms with Crippen molar-refractivity contribution < 1.29 is 39.5 Å². The van der Waals surface area contributed by atoms with Gasteiger partial charge in [-0.3, -0.25) is 23.4 Å². The van der Waals surface area contributed by atoms with Crippen LogP contribution in [0.1, 0.15) is 73.6 Å². The largest absolute Gasteiger partial charge is 0.530 e. The van der Waals surface area contributed by atoms with E-state index in [1.54, 1.807) is 6.07 Å². The Kier molecular flexibility index (Phi) is 6.56. The minimum Gasteiger partial charge on any atom is -0.403 e. The van der Waals surface area contributed by atoms with Crippen molar-refractivity contribution in [1.29, 1.82) is 0 Å². The summed E-state index contributed by atoms with van der Waals surface area (Å²) in [7, 11) is -4.95. The lowest BCUT2D eigenvalue weighted by molar-refractivity contribution is -0.179. The highest BCUT2D eigenvalue weighted by molar-refractivity contribution is 7.49. The van der Waals surface area contributed by atoms with Crippen molar-refractivity contribution in [3.8, 4) is 5.75 Å². The molecule has 2 aliphatic rings. The Balaban J connectivity index is 1.67. The van der Waals surface area contributed by atoms with Gasteiger partial charge in [0, 0.05) is 18.2 Å². The number of rotatable bonds is 4. The second-order valence-electron chi connectivity index (χ2n) is 11.3. The predicted molar refractivity (Wildman–Crippen MR) is 134 cm³/mol. The van der Waals surface area contributed by atoms with Crippen molar-refractivity contribution >= 4 is 19.4 Å². The van der Waals surface area contributed by atoms with Crippen LogP contribution >= 0.6 is 19.4 Å². The number of ether oxygens (including phenoxy) is 1. The highest BCUT2D eigenvalue weighted by Gasteiger charge is 2.51. The van der Waals surface area contributed by atoms with E-state index < -0.39 is 78.5 Å². The number of benzene rings is 1. The minimum absolute atomic E-state index is 0.0510. The van der Waals surface area contributed by atoms with Gasteiger partial charge in [-0.25, -0.2) is 18.1 Å². The number of phosphoric ester groups is 1. The number of aliphatic hydroxyl groups is 1. The lowest BCUT2D eigenvalue weighted by Gasteiger charge is -2.34. The van der Waals surface area contributed by atoms with Crippen LogP contribution in [0.15, 0.2) is 21.9 Å². The molecule has 4 rings (SSSR count). The molecule has 1 aromatic carbocycles. The molecule has 14 heteroatoms. The highest BCUT2D eigenvalue weighted by atomic mass is 35.5. The van der Waals surface area contributed by atoms with E-state index in [0.29, 0.717) is 15.7 Å². The molecule has 0 aliphatic carbocycles. The van der Waals surface area contributed by atoms with E-state index in [1.807, 2.05) is 46.5 Å². The van der Waals surface area contributed by atoms with Crippen LogP contribution < -0.4 is 15.8 Å². The predicted octanol–water partition coefficient (Wildman–Crippen LogP) is 4.60. The number of aromatic nitrogens is 2. The summed E-state index contributed by atoms with van der Waals surface area (Å²) < 4.78 is 82.7. The molecule has 2 aliphatic heterocycles. The number of halogens is 3. The van der Waals surface area contributed by atoms with Gasteiger partial charge in [-0.05, 0) is 22.5 Å². The first-order valence-corrected chi connectivity index (χ1v) is 13.5. The minimum atomic E-state index is -4.95. The smallest absolute Gasteiger partial charge is 0.403 e. The van der Waals surface area contributed by atoms with Crippen LogP contribution in [-0.4, -0.2) is 33.2 Å². The molecule has 2 N–H and O–H groups in total. The van der Waals surface area contributed by atoms with Crippen molar-refractivity contribution in [2.24, 2.45) is 0 Å². The van der Waals surface area contributed by atoms with Crippen LogP contribution in [0.5, 0.6) is 5.75 Å². The van der Waals surface area contributed by atoms with E-state index in [0.717, 1.165) is 6.20 Å². The summed E-state index contributed by atoms with van der Waals surface area (Å²) in [4.78, 5) is 25.6. The van der Waals surface area contributed by atoms with E-state index in [1.165, 1.54) is 0 Å². The monoisotopic (exact) mass is 580 g/mol. The summed E-state index contributed by atoms with van der Waals surface area (Å²) >= 11 is 5.72. The Bertz CT molecular complexity index is 1520.